The van der Waals surface area contributed by atoms with Crippen LogP contribution in [0.1, 0.15) is 26.4 Å². The predicted molar refractivity (Wildman–Crippen MR) is 112 cm³/mol. The Kier molecular flexibility index (Phi) is 6.91. The summed E-state index contributed by atoms with van der Waals surface area (Å²) in [6.45, 7) is 11.2. The van der Waals surface area contributed by atoms with Gasteiger partial charge < -0.3 is 5.32 Å². The van der Waals surface area contributed by atoms with Crippen LogP contribution < -0.4 is 5.32 Å². The second-order valence-corrected chi connectivity index (χ2v) is 9.14. The van der Waals surface area contributed by atoms with Crippen LogP contribution in [0.25, 0.3) is 0 Å². The molecule has 28 heavy (non-hydrogen) atoms. The monoisotopic (exact) mass is 415 g/mol. The van der Waals surface area contributed by atoms with Crippen molar-refractivity contribution in [2.45, 2.75) is 18.7 Å². The molecule has 0 fully saturated rings. The molecule has 1 heterocycles. The van der Waals surface area contributed by atoms with Gasteiger partial charge in [-0.3, -0.25) is 4.79 Å². The number of nitriles is 1. The van der Waals surface area contributed by atoms with Crippen molar-refractivity contribution in [1.82, 2.24) is 4.31 Å². The van der Waals surface area contributed by atoms with Crippen molar-refractivity contribution in [2.24, 2.45) is 0 Å². The first-order valence-electron chi connectivity index (χ1n) is 8.39. The van der Waals surface area contributed by atoms with E-state index in [-0.39, 0.29) is 18.0 Å². The Morgan fingerprint density at radius 2 is 1.79 bits per heavy atom. The number of nitrogens with one attached hydrogen (secondary N) is 1. The van der Waals surface area contributed by atoms with Crippen LogP contribution in [0.4, 0.5) is 5.00 Å². The molecule has 6 nitrogen and oxygen atoms in total. The number of aryl methyl sites for hydroxylation is 1. The molecular formula is C20H21N3O3S2. The minimum Gasteiger partial charge on any atom is -0.312 e. The zero-order valence-electron chi connectivity index (χ0n) is 15.7. The topological polar surface area (TPSA) is 90.3 Å². The van der Waals surface area contributed by atoms with E-state index < -0.39 is 15.9 Å². The highest BCUT2D eigenvalue weighted by Crippen LogP contribution is 2.32. The first kappa shape index (κ1) is 21.6. The summed E-state index contributed by atoms with van der Waals surface area (Å²) in [5.74, 6) is -0.407. The molecule has 0 saturated heterocycles. The Morgan fingerprint density at radius 1 is 1.21 bits per heavy atom. The molecule has 0 bridgehead atoms. The van der Waals surface area contributed by atoms with Crippen molar-refractivity contribution in [1.29, 1.82) is 5.26 Å². The Morgan fingerprint density at radius 3 is 2.29 bits per heavy atom. The third-order valence-corrected chi connectivity index (χ3v) is 7.11. The molecule has 1 aromatic carbocycles. The number of amides is 1. The van der Waals surface area contributed by atoms with Crippen LogP contribution in [0.3, 0.4) is 0 Å². The molecule has 0 aliphatic heterocycles. The minimum atomic E-state index is -3.72. The summed E-state index contributed by atoms with van der Waals surface area (Å²) in [6.07, 6.45) is 3.00. The lowest BCUT2D eigenvalue weighted by molar-refractivity contribution is 0.102. The SMILES string of the molecule is C=CCN(CC=C)S(=O)(=O)c1ccc(C(=O)Nc2sc(C)c(C)c2C#N)cc1. The maximum atomic E-state index is 12.7. The number of rotatable bonds is 8. The zero-order chi connectivity index (χ0) is 20.9. The number of carbonyl (C=O) groups is 1. The highest BCUT2D eigenvalue weighted by Gasteiger charge is 2.23. The van der Waals surface area contributed by atoms with Gasteiger partial charge in [-0.2, -0.15) is 9.57 Å². The molecule has 8 heteroatoms. The van der Waals surface area contributed by atoms with Crippen LogP contribution in [-0.4, -0.2) is 31.7 Å². The Bertz CT molecular complexity index is 1040. The zero-order valence-corrected chi connectivity index (χ0v) is 17.4. The highest BCUT2D eigenvalue weighted by molar-refractivity contribution is 7.89. The van der Waals surface area contributed by atoms with Crippen LogP contribution in [0.15, 0.2) is 54.5 Å². The van der Waals surface area contributed by atoms with E-state index in [1.807, 2.05) is 13.8 Å². The minimum absolute atomic E-state index is 0.0771. The van der Waals surface area contributed by atoms with Crippen LogP contribution in [0, 0.1) is 25.2 Å². The quantitative estimate of drug-likeness (QED) is 0.663. The maximum Gasteiger partial charge on any atom is 0.256 e. The molecule has 0 unspecified atom stereocenters. The maximum absolute atomic E-state index is 12.7. The van der Waals surface area contributed by atoms with Crippen LogP contribution in [0.2, 0.25) is 0 Å². The molecule has 2 rings (SSSR count). The van der Waals surface area contributed by atoms with Crippen molar-refractivity contribution in [3.05, 3.63) is 71.1 Å². The molecule has 1 N–H and O–H groups in total. The van der Waals surface area contributed by atoms with Gasteiger partial charge in [0.25, 0.3) is 5.91 Å². The molecule has 0 aliphatic carbocycles. The summed E-state index contributed by atoms with van der Waals surface area (Å²) in [5, 5.41) is 12.5. The summed E-state index contributed by atoms with van der Waals surface area (Å²) in [6, 6.07) is 7.77. The van der Waals surface area contributed by atoms with E-state index in [4.69, 9.17) is 0 Å². The fourth-order valence-corrected chi connectivity index (χ4v) is 4.90. The molecule has 0 aliphatic rings. The number of anilines is 1. The summed E-state index contributed by atoms with van der Waals surface area (Å²) < 4.78 is 26.6. The number of nitrogens with zero attached hydrogens (tertiary/aromatic N) is 2. The molecule has 0 spiro atoms. The van der Waals surface area contributed by atoms with E-state index in [0.29, 0.717) is 16.1 Å². The number of carbonyl (C=O) groups excluding carboxylic acids is 1. The van der Waals surface area contributed by atoms with E-state index in [2.05, 4.69) is 24.5 Å². The van der Waals surface area contributed by atoms with Gasteiger partial charge in [0.05, 0.1) is 10.5 Å². The fraction of sp³-hybridized carbons (Fsp3) is 0.200. The normalized spacial score (nSPS) is 11.1. The summed E-state index contributed by atoms with van der Waals surface area (Å²) in [5.41, 5.74) is 1.58. The van der Waals surface area contributed by atoms with E-state index in [0.717, 1.165) is 10.4 Å². The van der Waals surface area contributed by atoms with E-state index >= 15 is 0 Å². The van der Waals surface area contributed by atoms with E-state index in [1.165, 1.54) is 52.1 Å². The molecular weight excluding hydrogens is 394 g/mol. The van der Waals surface area contributed by atoms with Gasteiger partial charge >= 0.3 is 0 Å². The molecule has 1 aromatic heterocycles. The number of hydrogen-bond donors (Lipinski definition) is 1. The largest absolute Gasteiger partial charge is 0.312 e. The van der Waals surface area contributed by atoms with Gasteiger partial charge in [-0.25, -0.2) is 8.42 Å². The Balaban J connectivity index is 2.26. The van der Waals surface area contributed by atoms with E-state index in [1.54, 1.807) is 0 Å². The molecule has 1 amide bonds. The summed E-state index contributed by atoms with van der Waals surface area (Å²) >= 11 is 1.34. The van der Waals surface area contributed by atoms with Gasteiger partial charge in [0.2, 0.25) is 10.0 Å². The van der Waals surface area contributed by atoms with Crippen molar-refractivity contribution in [2.75, 3.05) is 18.4 Å². The fourth-order valence-electron chi connectivity index (χ4n) is 2.51. The number of sulfonamides is 1. The third-order valence-electron chi connectivity index (χ3n) is 4.14. The number of hydrogen-bond acceptors (Lipinski definition) is 5. The van der Waals surface area contributed by atoms with Gasteiger partial charge in [0.1, 0.15) is 11.1 Å². The van der Waals surface area contributed by atoms with Gasteiger partial charge in [0, 0.05) is 23.5 Å². The number of benzene rings is 1. The van der Waals surface area contributed by atoms with Crippen molar-refractivity contribution < 1.29 is 13.2 Å². The van der Waals surface area contributed by atoms with Crippen molar-refractivity contribution in [3.63, 3.8) is 0 Å². The van der Waals surface area contributed by atoms with Crippen LogP contribution in [-0.2, 0) is 10.0 Å². The van der Waals surface area contributed by atoms with Gasteiger partial charge in [-0.1, -0.05) is 12.2 Å². The number of thiophene rings is 1. The van der Waals surface area contributed by atoms with Crippen LogP contribution >= 0.6 is 11.3 Å². The second-order valence-electron chi connectivity index (χ2n) is 5.98. The van der Waals surface area contributed by atoms with Crippen molar-refractivity contribution in [3.8, 4) is 6.07 Å². The third kappa shape index (κ3) is 4.39. The molecule has 2 aromatic rings. The lowest BCUT2D eigenvalue weighted by Gasteiger charge is -2.19. The van der Waals surface area contributed by atoms with Gasteiger partial charge in [-0.15, -0.1) is 24.5 Å². The molecule has 0 saturated carbocycles. The first-order valence-corrected chi connectivity index (χ1v) is 10.6. The average Bonchev–Trinajstić information content (AvgIpc) is 2.94. The standard InChI is InChI=1S/C20H21N3O3S2/c1-5-11-23(12-6-2)28(25,26)17-9-7-16(8-10-17)19(24)22-20-18(13-21)14(3)15(4)27-20/h5-10H,1-2,11-12H2,3-4H3,(H,22,24). The van der Waals surface area contributed by atoms with Crippen molar-refractivity contribution >= 4 is 32.3 Å². The average molecular weight is 416 g/mol. The first-order chi connectivity index (χ1) is 13.3. The summed E-state index contributed by atoms with van der Waals surface area (Å²) in [4.78, 5) is 13.5. The predicted octanol–water partition coefficient (Wildman–Crippen LogP) is 3.85. The second kappa shape index (κ2) is 8.97. The molecule has 146 valence electrons. The lowest BCUT2D eigenvalue weighted by atomic mass is 10.2. The Labute approximate surface area is 169 Å². The molecule has 0 atom stereocenters. The highest BCUT2D eigenvalue weighted by atomic mass is 32.2. The van der Waals surface area contributed by atoms with Crippen LogP contribution in [0.5, 0.6) is 0 Å². The molecule has 0 radical (unpaired) electrons. The lowest BCUT2D eigenvalue weighted by Crippen LogP contribution is -2.31. The van der Waals surface area contributed by atoms with E-state index in [9.17, 15) is 18.5 Å². The summed E-state index contributed by atoms with van der Waals surface area (Å²) in [7, 11) is -3.72. The smallest absolute Gasteiger partial charge is 0.256 e. The Hall–Kier alpha value is -2.73. The van der Waals surface area contributed by atoms with Gasteiger partial charge in [0.15, 0.2) is 0 Å². The van der Waals surface area contributed by atoms with Gasteiger partial charge in [-0.05, 0) is 43.7 Å².